The fourth-order valence-corrected chi connectivity index (χ4v) is 2.75. The Labute approximate surface area is 115 Å². The first-order chi connectivity index (χ1) is 9.27. The zero-order chi connectivity index (χ0) is 13.7. The van der Waals surface area contributed by atoms with Crippen LogP contribution >= 0.6 is 0 Å². The number of rotatable bonds is 5. The van der Waals surface area contributed by atoms with E-state index >= 15 is 0 Å². The molecule has 106 valence electrons. The van der Waals surface area contributed by atoms with Gasteiger partial charge in [-0.25, -0.2) is 0 Å². The predicted octanol–water partition coefficient (Wildman–Crippen LogP) is 2.15. The third kappa shape index (κ3) is 3.19. The van der Waals surface area contributed by atoms with Crippen LogP contribution in [-0.2, 0) is 0 Å². The highest BCUT2D eigenvalue weighted by atomic mass is 16.5. The van der Waals surface area contributed by atoms with E-state index in [9.17, 15) is 5.11 Å². The van der Waals surface area contributed by atoms with Gasteiger partial charge in [-0.2, -0.15) is 0 Å². The van der Waals surface area contributed by atoms with Gasteiger partial charge in [-0.15, -0.1) is 0 Å². The Balaban J connectivity index is 2.24. The Morgan fingerprint density at radius 2 is 2.05 bits per heavy atom. The maximum atomic E-state index is 10.4. The van der Waals surface area contributed by atoms with E-state index in [1.54, 1.807) is 0 Å². The van der Waals surface area contributed by atoms with Gasteiger partial charge in [-0.05, 0) is 19.4 Å². The zero-order valence-corrected chi connectivity index (χ0v) is 11.9. The molecular formula is C15H24N2O2. The largest absolute Gasteiger partial charge is 0.504 e. The summed E-state index contributed by atoms with van der Waals surface area (Å²) in [6, 6.07) is 6.06. The molecule has 1 aromatic rings. The molecular weight excluding hydrogens is 240 g/mol. The van der Waals surface area contributed by atoms with Crippen LogP contribution in [0, 0.1) is 0 Å². The van der Waals surface area contributed by atoms with Crippen LogP contribution in [0.1, 0.15) is 31.9 Å². The molecule has 1 aliphatic heterocycles. The minimum atomic E-state index is 0.266. The van der Waals surface area contributed by atoms with E-state index in [0.717, 1.165) is 38.2 Å². The second-order valence-electron chi connectivity index (χ2n) is 4.84. The topological polar surface area (TPSA) is 44.7 Å². The fraction of sp³-hybridized carbons (Fsp3) is 0.600. The molecule has 4 heteroatoms. The first kappa shape index (κ1) is 14.2. The van der Waals surface area contributed by atoms with E-state index in [4.69, 9.17) is 4.74 Å². The van der Waals surface area contributed by atoms with Crippen LogP contribution in [0.15, 0.2) is 18.2 Å². The lowest BCUT2D eigenvalue weighted by molar-refractivity contribution is 0.166. The molecule has 0 saturated carbocycles. The number of para-hydroxylation sites is 1. The number of aromatic hydroxyl groups is 1. The van der Waals surface area contributed by atoms with Crippen LogP contribution in [-0.4, -0.2) is 42.8 Å². The summed E-state index contributed by atoms with van der Waals surface area (Å²) >= 11 is 0. The summed E-state index contributed by atoms with van der Waals surface area (Å²) in [5.41, 5.74) is 0.982. The first-order valence-electron chi connectivity index (χ1n) is 7.17. The molecule has 0 aliphatic carbocycles. The molecule has 0 unspecified atom stereocenters. The lowest BCUT2D eigenvalue weighted by atomic mass is 10.0. The number of hydrogen-bond donors (Lipinski definition) is 2. The zero-order valence-electron chi connectivity index (χ0n) is 11.9. The Bertz CT molecular complexity index is 403. The number of phenolic OH excluding ortho intramolecular Hbond substituents is 1. The van der Waals surface area contributed by atoms with Crippen molar-refractivity contribution in [3.63, 3.8) is 0 Å². The summed E-state index contributed by atoms with van der Waals surface area (Å²) in [6.45, 7) is 8.75. The monoisotopic (exact) mass is 264 g/mol. The van der Waals surface area contributed by atoms with E-state index in [1.807, 2.05) is 25.1 Å². The number of phenols is 1. The number of nitrogens with zero attached hydrogens (tertiary/aromatic N) is 1. The van der Waals surface area contributed by atoms with Crippen molar-refractivity contribution in [1.82, 2.24) is 10.2 Å². The van der Waals surface area contributed by atoms with Gasteiger partial charge in [0.2, 0.25) is 0 Å². The summed E-state index contributed by atoms with van der Waals surface area (Å²) in [5, 5.41) is 13.7. The van der Waals surface area contributed by atoms with Gasteiger partial charge in [0.25, 0.3) is 0 Å². The molecule has 4 nitrogen and oxygen atoms in total. The van der Waals surface area contributed by atoms with Crippen molar-refractivity contribution in [3.05, 3.63) is 23.8 Å². The molecule has 19 heavy (non-hydrogen) atoms. The fourth-order valence-electron chi connectivity index (χ4n) is 2.75. The van der Waals surface area contributed by atoms with Gasteiger partial charge in [0.1, 0.15) is 0 Å². The lowest BCUT2D eigenvalue weighted by Crippen LogP contribution is -2.45. The molecule has 0 amide bonds. The van der Waals surface area contributed by atoms with E-state index in [1.165, 1.54) is 0 Å². The van der Waals surface area contributed by atoms with Gasteiger partial charge < -0.3 is 15.2 Å². The second-order valence-corrected chi connectivity index (χ2v) is 4.84. The number of nitrogens with one attached hydrogen (secondary N) is 1. The van der Waals surface area contributed by atoms with Gasteiger partial charge in [0, 0.05) is 37.8 Å². The summed E-state index contributed by atoms with van der Waals surface area (Å²) in [7, 11) is 0. The van der Waals surface area contributed by atoms with Crippen LogP contribution in [0.2, 0.25) is 0 Å². The van der Waals surface area contributed by atoms with Crippen molar-refractivity contribution < 1.29 is 9.84 Å². The second kappa shape index (κ2) is 6.78. The summed E-state index contributed by atoms with van der Waals surface area (Å²) in [6.07, 6.45) is 0.989. The average molecular weight is 264 g/mol. The minimum Gasteiger partial charge on any atom is -0.504 e. The van der Waals surface area contributed by atoms with Crippen LogP contribution in [0.25, 0.3) is 0 Å². The summed E-state index contributed by atoms with van der Waals surface area (Å²) in [4.78, 5) is 2.43. The normalized spacial score (nSPS) is 18.2. The summed E-state index contributed by atoms with van der Waals surface area (Å²) < 4.78 is 5.48. The molecule has 2 N–H and O–H groups in total. The van der Waals surface area contributed by atoms with Crippen LogP contribution in [0.3, 0.4) is 0 Å². The third-order valence-electron chi connectivity index (χ3n) is 3.67. The molecule has 0 radical (unpaired) electrons. The van der Waals surface area contributed by atoms with Crippen molar-refractivity contribution in [1.29, 1.82) is 0 Å². The van der Waals surface area contributed by atoms with E-state index in [2.05, 4.69) is 17.1 Å². The van der Waals surface area contributed by atoms with Crippen molar-refractivity contribution >= 4 is 0 Å². The van der Waals surface area contributed by atoms with Crippen LogP contribution < -0.4 is 10.1 Å². The molecule has 2 rings (SSSR count). The Morgan fingerprint density at radius 1 is 1.32 bits per heavy atom. The first-order valence-corrected chi connectivity index (χ1v) is 7.17. The van der Waals surface area contributed by atoms with E-state index in [0.29, 0.717) is 18.1 Å². The van der Waals surface area contributed by atoms with E-state index < -0.39 is 0 Å². The highest BCUT2D eigenvalue weighted by Gasteiger charge is 2.24. The SMILES string of the molecule is CCOc1cccc([C@H](CC)N2CCNCC2)c1O. The highest BCUT2D eigenvalue weighted by Crippen LogP contribution is 2.37. The molecule has 0 aromatic heterocycles. The average Bonchev–Trinajstić information content (AvgIpc) is 2.45. The number of ether oxygens (including phenoxy) is 1. The van der Waals surface area contributed by atoms with Crippen molar-refractivity contribution in [3.8, 4) is 11.5 Å². The van der Waals surface area contributed by atoms with Crippen LogP contribution in [0.5, 0.6) is 11.5 Å². The molecule has 1 fully saturated rings. The highest BCUT2D eigenvalue weighted by molar-refractivity contribution is 5.47. The number of hydrogen-bond acceptors (Lipinski definition) is 4. The van der Waals surface area contributed by atoms with Crippen molar-refractivity contribution in [2.24, 2.45) is 0 Å². The molecule has 1 heterocycles. The molecule has 1 saturated heterocycles. The molecule has 1 atom stereocenters. The van der Waals surface area contributed by atoms with Gasteiger partial charge in [-0.1, -0.05) is 19.1 Å². The molecule has 0 bridgehead atoms. The molecule has 1 aromatic carbocycles. The standard InChI is InChI=1S/C15H24N2O2/c1-3-13(17-10-8-16-9-11-17)12-6-5-7-14(15(12)18)19-4-2/h5-7,13,16,18H,3-4,8-11H2,1-2H3/t13-/m0/s1. The van der Waals surface area contributed by atoms with Gasteiger partial charge in [-0.3, -0.25) is 4.90 Å². The number of benzene rings is 1. The maximum Gasteiger partial charge on any atom is 0.162 e. The summed E-state index contributed by atoms with van der Waals surface area (Å²) in [5.74, 6) is 0.892. The molecule has 1 aliphatic rings. The van der Waals surface area contributed by atoms with Gasteiger partial charge in [0.05, 0.1) is 6.61 Å². The van der Waals surface area contributed by atoms with Gasteiger partial charge >= 0.3 is 0 Å². The van der Waals surface area contributed by atoms with Crippen LogP contribution in [0.4, 0.5) is 0 Å². The van der Waals surface area contributed by atoms with E-state index in [-0.39, 0.29) is 6.04 Å². The third-order valence-corrected chi connectivity index (χ3v) is 3.67. The smallest absolute Gasteiger partial charge is 0.162 e. The van der Waals surface area contributed by atoms with Crippen molar-refractivity contribution in [2.45, 2.75) is 26.3 Å². The minimum absolute atomic E-state index is 0.266. The Morgan fingerprint density at radius 3 is 2.68 bits per heavy atom. The quantitative estimate of drug-likeness (QED) is 0.855. The van der Waals surface area contributed by atoms with Gasteiger partial charge in [0.15, 0.2) is 11.5 Å². The maximum absolute atomic E-state index is 10.4. The predicted molar refractivity (Wildman–Crippen MR) is 76.8 cm³/mol. The number of piperazine rings is 1. The van der Waals surface area contributed by atoms with Crippen molar-refractivity contribution in [2.75, 3.05) is 32.8 Å². The Kier molecular flexibility index (Phi) is 5.05. The molecule has 0 spiro atoms. The lowest BCUT2D eigenvalue weighted by Gasteiger charge is -2.35. The Hall–Kier alpha value is -1.26.